The summed E-state index contributed by atoms with van der Waals surface area (Å²) in [6.45, 7) is 6.43. The standard InChI is InChI=1S/C21H24N2O6/c1-13-9-16(6-7-19(13)23(26)27)21(25)29-12-20(24)18-10-14(2)22(15(18)3)11-17-5-4-8-28-17/h6-7,9-10,17H,4-5,8,11-12H2,1-3H3/t17-/m0/s1. The maximum absolute atomic E-state index is 12.6. The second-order valence-electron chi connectivity index (χ2n) is 7.29. The first-order chi connectivity index (χ1) is 13.8. The van der Waals surface area contributed by atoms with Crippen LogP contribution in [0.25, 0.3) is 0 Å². The van der Waals surface area contributed by atoms with E-state index in [1.165, 1.54) is 18.2 Å². The Balaban J connectivity index is 1.65. The van der Waals surface area contributed by atoms with Crippen LogP contribution in [-0.4, -0.2) is 40.6 Å². The van der Waals surface area contributed by atoms with Crippen molar-refractivity contribution in [1.82, 2.24) is 4.57 Å². The van der Waals surface area contributed by atoms with Gasteiger partial charge in [0.2, 0.25) is 5.78 Å². The lowest BCUT2D eigenvalue weighted by Gasteiger charge is -2.14. The molecule has 1 aromatic carbocycles. The summed E-state index contributed by atoms with van der Waals surface area (Å²) in [6.07, 6.45) is 2.21. The van der Waals surface area contributed by atoms with E-state index in [0.29, 0.717) is 17.7 Å². The number of nitro benzene ring substituents is 1. The van der Waals surface area contributed by atoms with Gasteiger partial charge in [-0.2, -0.15) is 0 Å². The van der Waals surface area contributed by atoms with Gasteiger partial charge in [-0.15, -0.1) is 0 Å². The van der Waals surface area contributed by atoms with E-state index >= 15 is 0 Å². The lowest BCUT2D eigenvalue weighted by molar-refractivity contribution is -0.385. The third-order valence-electron chi connectivity index (χ3n) is 5.25. The van der Waals surface area contributed by atoms with Gasteiger partial charge in [0.05, 0.1) is 16.6 Å². The van der Waals surface area contributed by atoms with Crippen molar-refractivity contribution < 1.29 is 24.0 Å². The van der Waals surface area contributed by atoms with Gasteiger partial charge in [-0.1, -0.05) is 0 Å². The van der Waals surface area contributed by atoms with Crippen molar-refractivity contribution in [2.75, 3.05) is 13.2 Å². The summed E-state index contributed by atoms with van der Waals surface area (Å²) in [5, 5.41) is 10.9. The zero-order chi connectivity index (χ0) is 21.1. The second-order valence-corrected chi connectivity index (χ2v) is 7.29. The first-order valence-electron chi connectivity index (χ1n) is 9.51. The molecule has 0 amide bonds. The number of carbonyl (C=O) groups is 2. The number of nitro groups is 1. The first kappa shape index (κ1) is 20.7. The molecule has 0 bridgehead atoms. The van der Waals surface area contributed by atoms with Gasteiger partial charge >= 0.3 is 5.97 Å². The molecule has 2 aromatic rings. The van der Waals surface area contributed by atoms with Crippen LogP contribution in [0.1, 0.15) is 50.5 Å². The summed E-state index contributed by atoms with van der Waals surface area (Å²) in [5.74, 6) is -0.979. The second kappa shape index (κ2) is 8.57. The van der Waals surface area contributed by atoms with Crippen LogP contribution in [-0.2, 0) is 16.0 Å². The molecule has 29 heavy (non-hydrogen) atoms. The molecule has 1 fully saturated rings. The van der Waals surface area contributed by atoms with Crippen molar-refractivity contribution in [3.8, 4) is 0 Å². The third-order valence-corrected chi connectivity index (χ3v) is 5.25. The number of hydrogen-bond acceptors (Lipinski definition) is 6. The van der Waals surface area contributed by atoms with E-state index in [2.05, 4.69) is 4.57 Å². The van der Waals surface area contributed by atoms with Crippen molar-refractivity contribution >= 4 is 17.4 Å². The number of nitrogens with zero attached hydrogens (tertiary/aromatic N) is 2. The first-order valence-corrected chi connectivity index (χ1v) is 9.51. The number of aromatic nitrogens is 1. The summed E-state index contributed by atoms with van der Waals surface area (Å²) >= 11 is 0. The van der Waals surface area contributed by atoms with Crippen LogP contribution in [0, 0.1) is 30.9 Å². The number of Topliss-reactive ketones (excluding diaryl/α,β-unsaturated/α-hetero) is 1. The van der Waals surface area contributed by atoms with Crippen LogP contribution in [0.4, 0.5) is 5.69 Å². The Bertz CT molecular complexity index is 956. The molecular weight excluding hydrogens is 376 g/mol. The molecule has 1 atom stereocenters. The van der Waals surface area contributed by atoms with Crippen LogP contribution in [0.5, 0.6) is 0 Å². The van der Waals surface area contributed by atoms with Gasteiger partial charge < -0.3 is 14.0 Å². The number of benzene rings is 1. The predicted octanol–water partition coefficient (Wildman–Crippen LogP) is 3.54. The van der Waals surface area contributed by atoms with Crippen molar-refractivity contribution in [3.63, 3.8) is 0 Å². The molecule has 0 unspecified atom stereocenters. The molecule has 1 aliphatic rings. The molecule has 0 radical (unpaired) electrons. The largest absolute Gasteiger partial charge is 0.454 e. The molecule has 1 aliphatic heterocycles. The third kappa shape index (κ3) is 4.54. The van der Waals surface area contributed by atoms with Gasteiger partial charge in [0.25, 0.3) is 5.69 Å². The van der Waals surface area contributed by atoms with Gasteiger partial charge in [0.1, 0.15) is 0 Å². The quantitative estimate of drug-likeness (QED) is 0.305. The number of aryl methyl sites for hydroxylation is 2. The van der Waals surface area contributed by atoms with Crippen LogP contribution in [0.2, 0.25) is 0 Å². The van der Waals surface area contributed by atoms with Crippen LogP contribution in [0.15, 0.2) is 24.3 Å². The summed E-state index contributed by atoms with van der Waals surface area (Å²) in [5.41, 5.74) is 2.76. The summed E-state index contributed by atoms with van der Waals surface area (Å²) in [7, 11) is 0. The Morgan fingerprint density at radius 1 is 1.28 bits per heavy atom. The highest BCUT2D eigenvalue weighted by Crippen LogP contribution is 2.22. The lowest BCUT2D eigenvalue weighted by atomic mass is 10.1. The molecule has 0 saturated carbocycles. The van der Waals surface area contributed by atoms with Crippen LogP contribution in [0.3, 0.4) is 0 Å². The predicted molar refractivity (Wildman–Crippen MR) is 105 cm³/mol. The Kier molecular flexibility index (Phi) is 6.12. The van der Waals surface area contributed by atoms with E-state index in [1.54, 1.807) is 13.0 Å². The minimum absolute atomic E-state index is 0.0729. The highest BCUT2D eigenvalue weighted by atomic mass is 16.6. The number of hydrogen-bond donors (Lipinski definition) is 0. The average molecular weight is 400 g/mol. The van der Waals surface area contributed by atoms with E-state index in [9.17, 15) is 19.7 Å². The lowest BCUT2D eigenvalue weighted by Crippen LogP contribution is -2.18. The van der Waals surface area contributed by atoms with Crippen LogP contribution < -0.4 is 0 Å². The van der Waals surface area contributed by atoms with E-state index in [0.717, 1.165) is 30.8 Å². The summed E-state index contributed by atoms with van der Waals surface area (Å²) < 4.78 is 12.9. The Labute approximate surface area is 168 Å². The monoisotopic (exact) mass is 400 g/mol. The number of ether oxygens (including phenoxy) is 2. The van der Waals surface area contributed by atoms with Crippen molar-refractivity contribution in [2.24, 2.45) is 0 Å². The smallest absolute Gasteiger partial charge is 0.338 e. The Morgan fingerprint density at radius 3 is 2.66 bits per heavy atom. The molecule has 3 rings (SSSR count). The molecule has 0 N–H and O–H groups in total. The van der Waals surface area contributed by atoms with Gasteiger partial charge in [-0.05, 0) is 51.8 Å². The highest BCUT2D eigenvalue weighted by Gasteiger charge is 2.22. The molecular formula is C21H24N2O6. The number of ketones is 1. The van der Waals surface area contributed by atoms with Gasteiger partial charge in [-0.25, -0.2) is 4.79 Å². The van der Waals surface area contributed by atoms with Gasteiger partial charge in [0.15, 0.2) is 6.61 Å². The Hall–Kier alpha value is -3.00. The van der Waals surface area contributed by atoms with Crippen LogP contribution >= 0.6 is 0 Å². The Morgan fingerprint density at radius 2 is 2.03 bits per heavy atom. The van der Waals surface area contributed by atoms with Crippen molar-refractivity contribution in [3.05, 3.63) is 62.5 Å². The van der Waals surface area contributed by atoms with E-state index < -0.39 is 10.9 Å². The molecule has 2 heterocycles. The molecule has 8 heteroatoms. The minimum atomic E-state index is -0.690. The number of rotatable bonds is 7. The molecule has 1 saturated heterocycles. The SMILES string of the molecule is Cc1cc(C(=O)OCC(=O)c2cc(C)n(C[C@@H]3CCCO3)c2C)ccc1[N+](=O)[O-]. The molecule has 0 spiro atoms. The molecule has 154 valence electrons. The van der Waals surface area contributed by atoms with Gasteiger partial charge in [0, 0.05) is 41.7 Å². The maximum Gasteiger partial charge on any atom is 0.338 e. The molecule has 1 aromatic heterocycles. The summed E-state index contributed by atoms with van der Waals surface area (Å²) in [4.78, 5) is 35.2. The molecule has 8 nitrogen and oxygen atoms in total. The van der Waals surface area contributed by atoms with E-state index in [-0.39, 0.29) is 29.7 Å². The van der Waals surface area contributed by atoms with Gasteiger partial charge in [-0.3, -0.25) is 14.9 Å². The maximum atomic E-state index is 12.6. The zero-order valence-corrected chi connectivity index (χ0v) is 16.8. The van der Waals surface area contributed by atoms with E-state index in [1.807, 2.05) is 13.8 Å². The highest BCUT2D eigenvalue weighted by molar-refractivity contribution is 6.00. The number of carbonyl (C=O) groups excluding carboxylic acids is 2. The normalized spacial score (nSPS) is 16.0. The fourth-order valence-corrected chi connectivity index (χ4v) is 3.64. The number of esters is 1. The zero-order valence-electron chi connectivity index (χ0n) is 16.8. The molecule has 0 aliphatic carbocycles. The van der Waals surface area contributed by atoms with Crippen molar-refractivity contribution in [1.29, 1.82) is 0 Å². The van der Waals surface area contributed by atoms with Crippen molar-refractivity contribution in [2.45, 2.75) is 46.3 Å². The average Bonchev–Trinajstić information content (AvgIpc) is 3.29. The topological polar surface area (TPSA) is 101 Å². The minimum Gasteiger partial charge on any atom is -0.454 e. The fourth-order valence-electron chi connectivity index (χ4n) is 3.64. The summed E-state index contributed by atoms with van der Waals surface area (Å²) in [6, 6.07) is 5.77. The fraction of sp³-hybridized carbons (Fsp3) is 0.429. The van der Waals surface area contributed by atoms with E-state index in [4.69, 9.17) is 9.47 Å².